The quantitative estimate of drug-likeness (QED) is 0.245. The first-order valence-corrected chi connectivity index (χ1v) is 14.2. The highest BCUT2D eigenvalue weighted by atomic mass is 32.2. The lowest BCUT2D eigenvalue weighted by Crippen LogP contribution is -2.28. The molecule has 0 aliphatic carbocycles. The van der Waals surface area contributed by atoms with E-state index in [1.807, 2.05) is 84.9 Å². The van der Waals surface area contributed by atoms with Crippen molar-refractivity contribution in [2.75, 3.05) is 6.26 Å². The minimum atomic E-state index is -3.36. The van der Waals surface area contributed by atoms with Gasteiger partial charge >= 0.3 is 0 Å². The Morgan fingerprint density at radius 3 is 2.32 bits per heavy atom. The second-order valence-corrected chi connectivity index (χ2v) is 12.4. The zero-order chi connectivity index (χ0) is 26.9. The molecule has 0 spiro atoms. The number of hydrogen-bond acceptors (Lipinski definition) is 5. The summed E-state index contributed by atoms with van der Waals surface area (Å²) < 4.78 is 30.4. The molecule has 5 nitrogen and oxygen atoms in total. The van der Waals surface area contributed by atoms with Crippen molar-refractivity contribution in [2.24, 2.45) is 0 Å². The van der Waals surface area contributed by atoms with Crippen LogP contribution in [0.5, 0.6) is 11.5 Å². The van der Waals surface area contributed by atoms with E-state index in [2.05, 4.69) is 4.98 Å². The van der Waals surface area contributed by atoms with E-state index in [1.54, 1.807) is 32.2 Å². The highest BCUT2D eigenvalue weighted by Crippen LogP contribution is 2.38. The van der Waals surface area contributed by atoms with Crippen LogP contribution in [0.1, 0.15) is 25.0 Å². The number of nitrogens with zero attached hydrogens (tertiary/aromatic N) is 1. The van der Waals surface area contributed by atoms with E-state index in [0.717, 1.165) is 33.2 Å². The van der Waals surface area contributed by atoms with Gasteiger partial charge in [-0.15, -0.1) is 0 Å². The number of fused-ring (bicyclic) bond motifs is 1. The Labute approximate surface area is 223 Å². The van der Waals surface area contributed by atoms with Gasteiger partial charge in [0.2, 0.25) is 0 Å². The van der Waals surface area contributed by atoms with Gasteiger partial charge in [-0.1, -0.05) is 60.7 Å². The average molecular weight is 524 g/mol. The fourth-order valence-electron chi connectivity index (χ4n) is 4.48. The summed E-state index contributed by atoms with van der Waals surface area (Å²) in [6.45, 7) is 3.78. The molecule has 1 heterocycles. The molecule has 0 radical (unpaired) electrons. The minimum Gasteiger partial charge on any atom is -0.507 e. The highest BCUT2D eigenvalue weighted by molar-refractivity contribution is 7.91. The zero-order valence-corrected chi connectivity index (χ0v) is 22.4. The monoisotopic (exact) mass is 523 g/mol. The molecule has 5 rings (SSSR count). The fourth-order valence-corrected chi connectivity index (χ4v) is 5.03. The zero-order valence-electron chi connectivity index (χ0n) is 21.5. The van der Waals surface area contributed by atoms with Crippen LogP contribution in [0.25, 0.3) is 33.2 Å². The molecule has 0 saturated heterocycles. The fraction of sp³-hybridized carbons (Fsp3) is 0.156. The summed E-state index contributed by atoms with van der Waals surface area (Å²) in [5.74, 6) is 0.866. The lowest BCUT2D eigenvalue weighted by molar-refractivity contribution is 0.307. The number of hydrogen-bond donors (Lipinski definition) is 1. The molecule has 1 aromatic heterocycles. The smallest absolute Gasteiger partial charge is 0.156 e. The topological polar surface area (TPSA) is 76.5 Å². The Kier molecular flexibility index (Phi) is 6.67. The van der Waals surface area contributed by atoms with Crippen molar-refractivity contribution in [3.05, 3.63) is 114 Å². The maximum atomic E-state index is 12.6. The average Bonchev–Trinajstić information content (AvgIpc) is 2.91. The molecular formula is C32H29NO4S. The van der Waals surface area contributed by atoms with Gasteiger partial charge in [-0.2, -0.15) is 0 Å². The van der Waals surface area contributed by atoms with Crippen molar-refractivity contribution < 1.29 is 18.3 Å². The van der Waals surface area contributed by atoms with Crippen LogP contribution >= 0.6 is 0 Å². The molecule has 0 atom stereocenters. The maximum Gasteiger partial charge on any atom is 0.156 e. The number of benzene rings is 4. The standard InChI is InChI=1S/C32H29NO4S/c1-32(2,38(3,35)36)25-19-24-12-9-17-33-31(24)28(20-25)23-11-8-10-22(18-23)21-37-30-16-7-5-14-27(30)26-13-4-6-15-29(26)34/h4-20,34H,21H2,1-3H3. The van der Waals surface area contributed by atoms with Gasteiger partial charge < -0.3 is 9.84 Å². The number of aromatic hydroxyl groups is 1. The summed E-state index contributed by atoms with van der Waals surface area (Å²) in [6, 6.07) is 30.5. The predicted molar refractivity (Wildman–Crippen MR) is 153 cm³/mol. The SMILES string of the molecule is CC(C)(c1cc(-c2cccc(COc3ccccc3-c3ccccc3O)c2)c2ncccc2c1)S(C)(=O)=O. The van der Waals surface area contributed by atoms with Gasteiger partial charge in [-0.3, -0.25) is 4.98 Å². The van der Waals surface area contributed by atoms with Crippen LogP contribution in [0.4, 0.5) is 0 Å². The molecule has 6 heteroatoms. The van der Waals surface area contributed by atoms with E-state index in [0.29, 0.717) is 23.5 Å². The van der Waals surface area contributed by atoms with Gasteiger partial charge in [-0.25, -0.2) is 8.42 Å². The second kappa shape index (κ2) is 9.95. The second-order valence-electron chi connectivity index (χ2n) is 9.88. The molecule has 0 fully saturated rings. The number of pyridine rings is 1. The molecular weight excluding hydrogens is 494 g/mol. The van der Waals surface area contributed by atoms with Crippen LogP contribution in [0.15, 0.2) is 103 Å². The van der Waals surface area contributed by atoms with Gasteiger partial charge in [0.1, 0.15) is 18.1 Å². The molecule has 192 valence electrons. The van der Waals surface area contributed by atoms with E-state index in [9.17, 15) is 13.5 Å². The van der Waals surface area contributed by atoms with E-state index in [-0.39, 0.29) is 5.75 Å². The van der Waals surface area contributed by atoms with Gasteiger partial charge in [0.15, 0.2) is 9.84 Å². The maximum absolute atomic E-state index is 12.6. The van der Waals surface area contributed by atoms with E-state index in [1.165, 1.54) is 6.26 Å². The number of rotatable bonds is 7. The normalized spacial score (nSPS) is 12.0. The molecule has 4 aromatic carbocycles. The Hall–Kier alpha value is -4.16. The molecule has 0 saturated carbocycles. The number of phenolic OH excluding ortho intramolecular Hbond substituents is 1. The van der Waals surface area contributed by atoms with Crippen LogP contribution in [-0.4, -0.2) is 24.8 Å². The first kappa shape index (κ1) is 25.5. The van der Waals surface area contributed by atoms with Crippen LogP contribution in [0.2, 0.25) is 0 Å². The number of ether oxygens (including phenoxy) is 1. The minimum absolute atomic E-state index is 0.196. The third-order valence-electron chi connectivity index (χ3n) is 7.04. The Balaban J connectivity index is 1.52. The lowest BCUT2D eigenvalue weighted by Gasteiger charge is -2.24. The lowest BCUT2D eigenvalue weighted by atomic mass is 9.93. The van der Waals surface area contributed by atoms with Gasteiger partial charge in [0.05, 0.1) is 10.3 Å². The third-order valence-corrected chi connectivity index (χ3v) is 9.13. The van der Waals surface area contributed by atoms with Crippen molar-refractivity contribution >= 4 is 20.7 Å². The largest absolute Gasteiger partial charge is 0.507 e. The molecule has 1 N–H and O–H groups in total. The van der Waals surface area contributed by atoms with Crippen molar-refractivity contribution in [2.45, 2.75) is 25.2 Å². The van der Waals surface area contributed by atoms with E-state index < -0.39 is 14.6 Å². The molecule has 38 heavy (non-hydrogen) atoms. The van der Waals surface area contributed by atoms with Crippen LogP contribution in [0.3, 0.4) is 0 Å². The number of phenols is 1. The summed E-state index contributed by atoms with van der Waals surface area (Å²) in [5.41, 5.74) is 5.79. The van der Waals surface area contributed by atoms with Gasteiger partial charge in [0.25, 0.3) is 0 Å². The first-order valence-electron chi connectivity index (χ1n) is 12.3. The predicted octanol–water partition coefficient (Wildman–Crippen LogP) is 7.13. The van der Waals surface area contributed by atoms with Gasteiger partial charge in [0, 0.05) is 34.5 Å². The van der Waals surface area contributed by atoms with Crippen molar-refractivity contribution in [3.63, 3.8) is 0 Å². The van der Waals surface area contributed by atoms with Crippen molar-refractivity contribution in [1.82, 2.24) is 4.98 Å². The number of sulfone groups is 1. The summed E-state index contributed by atoms with van der Waals surface area (Å²) in [6.07, 6.45) is 3.02. The van der Waals surface area contributed by atoms with E-state index in [4.69, 9.17) is 4.74 Å². The first-order chi connectivity index (χ1) is 18.1. The Bertz CT molecular complexity index is 1740. The van der Waals surface area contributed by atoms with Crippen LogP contribution in [-0.2, 0) is 21.2 Å². The van der Waals surface area contributed by atoms with Gasteiger partial charge in [-0.05, 0) is 66.9 Å². The summed E-state index contributed by atoms with van der Waals surface area (Å²) >= 11 is 0. The highest BCUT2D eigenvalue weighted by Gasteiger charge is 2.33. The molecule has 0 aliphatic rings. The molecule has 0 amide bonds. The summed E-state index contributed by atoms with van der Waals surface area (Å²) in [5, 5.41) is 11.2. The summed E-state index contributed by atoms with van der Waals surface area (Å²) in [7, 11) is -3.36. The molecule has 0 aliphatic heterocycles. The summed E-state index contributed by atoms with van der Waals surface area (Å²) in [4.78, 5) is 4.62. The van der Waals surface area contributed by atoms with Crippen LogP contribution < -0.4 is 4.74 Å². The third kappa shape index (κ3) is 4.87. The van der Waals surface area contributed by atoms with E-state index >= 15 is 0 Å². The molecule has 0 bridgehead atoms. The van der Waals surface area contributed by atoms with Crippen molar-refractivity contribution in [1.29, 1.82) is 0 Å². The molecule has 5 aromatic rings. The number of para-hydroxylation sites is 2. The van der Waals surface area contributed by atoms with Crippen LogP contribution in [0, 0.1) is 0 Å². The molecule has 0 unspecified atom stereocenters. The van der Waals surface area contributed by atoms with Crippen molar-refractivity contribution in [3.8, 4) is 33.8 Å². The number of aromatic nitrogens is 1. The Morgan fingerprint density at radius 2 is 1.55 bits per heavy atom. The Morgan fingerprint density at radius 1 is 0.816 bits per heavy atom.